The fourth-order valence-electron chi connectivity index (χ4n) is 5.80. The number of esters is 1. The smallest absolute Gasteiger partial charge is 0.317 e. The van der Waals surface area contributed by atoms with Gasteiger partial charge >= 0.3 is 5.97 Å². The molecule has 1 heterocycles. The first-order valence-corrected chi connectivity index (χ1v) is 8.96. The Morgan fingerprint density at radius 1 is 1.17 bits per heavy atom. The molecule has 3 nitrogen and oxygen atoms in total. The SMILES string of the molecule is CC(C)C1=CC23CCC4C(C)(C)CCCC4(C(=O)O2)C3=CC1=O. The lowest BCUT2D eigenvalue weighted by molar-refractivity contribution is -0.155. The van der Waals surface area contributed by atoms with E-state index in [4.69, 9.17) is 4.74 Å². The Morgan fingerprint density at radius 2 is 1.91 bits per heavy atom. The Kier molecular flexibility index (Phi) is 2.88. The van der Waals surface area contributed by atoms with Crippen molar-refractivity contribution in [2.24, 2.45) is 22.7 Å². The number of carbonyl (C=O) groups excluding carboxylic acids is 2. The lowest BCUT2D eigenvalue weighted by Crippen LogP contribution is -2.52. The third kappa shape index (κ3) is 1.71. The molecule has 0 aromatic carbocycles. The molecular weight excluding hydrogens is 288 g/mol. The molecule has 1 saturated heterocycles. The van der Waals surface area contributed by atoms with E-state index in [9.17, 15) is 9.59 Å². The van der Waals surface area contributed by atoms with Gasteiger partial charge in [0.25, 0.3) is 0 Å². The standard InChI is InChI=1S/C20H26O3/c1-12(2)13-11-19-9-6-15-18(3,4)7-5-8-20(15,17(22)23-19)16(19)10-14(13)21/h10-12,15H,5-9H2,1-4H3. The summed E-state index contributed by atoms with van der Waals surface area (Å²) in [6, 6.07) is 0. The summed E-state index contributed by atoms with van der Waals surface area (Å²) in [6.45, 7) is 8.61. The van der Waals surface area contributed by atoms with Gasteiger partial charge in [-0.1, -0.05) is 34.1 Å². The number of ketones is 1. The second-order valence-electron chi connectivity index (χ2n) is 8.86. The molecule has 4 aliphatic rings. The monoisotopic (exact) mass is 314 g/mol. The second kappa shape index (κ2) is 4.37. The van der Waals surface area contributed by atoms with Gasteiger partial charge in [-0.2, -0.15) is 0 Å². The summed E-state index contributed by atoms with van der Waals surface area (Å²) in [4.78, 5) is 25.7. The maximum absolute atomic E-state index is 13.0. The first kappa shape index (κ1) is 15.2. The minimum atomic E-state index is -0.630. The van der Waals surface area contributed by atoms with Gasteiger partial charge in [0, 0.05) is 5.57 Å². The fraction of sp³-hybridized carbons (Fsp3) is 0.700. The van der Waals surface area contributed by atoms with Crippen molar-refractivity contribution in [3.05, 3.63) is 23.3 Å². The molecule has 0 aromatic rings. The van der Waals surface area contributed by atoms with E-state index < -0.39 is 11.0 Å². The largest absolute Gasteiger partial charge is 0.449 e. The molecular formula is C20H26O3. The summed E-state index contributed by atoms with van der Waals surface area (Å²) < 4.78 is 6.02. The summed E-state index contributed by atoms with van der Waals surface area (Å²) >= 11 is 0. The molecule has 3 heteroatoms. The fourth-order valence-corrected chi connectivity index (χ4v) is 5.80. The highest BCUT2D eigenvalue weighted by atomic mass is 16.6. The zero-order chi connectivity index (χ0) is 16.6. The van der Waals surface area contributed by atoms with Crippen LogP contribution in [0.1, 0.15) is 59.8 Å². The van der Waals surface area contributed by atoms with E-state index in [-0.39, 0.29) is 23.1 Å². The molecule has 3 unspecified atom stereocenters. The van der Waals surface area contributed by atoms with Crippen molar-refractivity contribution in [1.29, 1.82) is 0 Å². The lowest BCUT2D eigenvalue weighted by Gasteiger charge is -2.53. The van der Waals surface area contributed by atoms with Crippen molar-refractivity contribution in [2.45, 2.75) is 65.4 Å². The molecule has 1 aliphatic heterocycles. The van der Waals surface area contributed by atoms with Crippen LogP contribution < -0.4 is 0 Å². The summed E-state index contributed by atoms with van der Waals surface area (Å²) in [7, 11) is 0. The first-order chi connectivity index (χ1) is 10.7. The molecule has 0 amide bonds. The number of hydrogen-bond donors (Lipinski definition) is 0. The van der Waals surface area contributed by atoms with Gasteiger partial charge in [-0.25, -0.2) is 0 Å². The Balaban J connectivity index is 1.90. The molecule has 0 aromatic heterocycles. The van der Waals surface area contributed by atoms with Crippen molar-refractivity contribution in [3.63, 3.8) is 0 Å². The minimum Gasteiger partial charge on any atom is -0.449 e. The van der Waals surface area contributed by atoms with Crippen LogP contribution in [0.3, 0.4) is 0 Å². The zero-order valence-corrected chi connectivity index (χ0v) is 14.6. The number of allylic oxidation sites excluding steroid dienone is 2. The third-order valence-electron chi connectivity index (χ3n) is 6.88. The molecule has 3 atom stereocenters. The quantitative estimate of drug-likeness (QED) is 0.688. The van der Waals surface area contributed by atoms with Crippen LogP contribution in [0.4, 0.5) is 0 Å². The van der Waals surface area contributed by atoms with Gasteiger partial charge in [0.2, 0.25) is 0 Å². The van der Waals surface area contributed by atoms with E-state index in [1.165, 1.54) is 0 Å². The van der Waals surface area contributed by atoms with Crippen LogP contribution in [0.15, 0.2) is 23.3 Å². The van der Waals surface area contributed by atoms with Crippen molar-refractivity contribution < 1.29 is 14.3 Å². The van der Waals surface area contributed by atoms with E-state index in [1.807, 2.05) is 19.9 Å². The summed E-state index contributed by atoms with van der Waals surface area (Å²) in [6.07, 6.45) is 8.60. The highest BCUT2D eigenvalue weighted by Crippen LogP contribution is 2.68. The highest BCUT2D eigenvalue weighted by Gasteiger charge is 2.70. The third-order valence-corrected chi connectivity index (χ3v) is 6.88. The first-order valence-electron chi connectivity index (χ1n) is 8.96. The van der Waals surface area contributed by atoms with Crippen molar-refractivity contribution in [3.8, 4) is 0 Å². The molecule has 0 N–H and O–H groups in total. The molecule has 4 rings (SSSR count). The number of carbonyl (C=O) groups is 2. The normalized spacial score (nSPS) is 41.0. The molecule has 124 valence electrons. The van der Waals surface area contributed by atoms with Gasteiger partial charge in [0.05, 0.1) is 5.41 Å². The van der Waals surface area contributed by atoms with Crippen LogP contribution in [0, 0.1) is 22.7 Å². The molecule has 23 heavy (non-hydrogen) atoms. The summed E-state index contributed by atoms with van der Waals surface area (Å²) in [5.41, 5.74) is 0.726. The van der Waals surface area contributed by atoms with Gasteiger partial charge in [-0.05, 0) is 60.7 Å². The van der Waals surface area contributed by atoms with Gasteiger partial charge < -0.3 is 4.74 Å². The second-order valence-corrected chi connectivity index (χ2v) is 8.86. The average Bonchev–Trinajstić information content (AvgIpc) is 2.59. The summed E-state index contributed by atoms with van der Waals surface area (Å²) in [5, 5.41) is 0. The minimum absolute atomic E-state index is 0.0759. The molecule has 2 bridgehead atoms. The average molecular weight is 314 g/mol. The predicted molar refractivity (Wildman–Crippen MR) is 87.6 cm³/mol. The predicted octanol–water partition coefficient (Wildman–Crippen LogP) is 3.98. The Hall–Kier alpha value is -1.38. The van der Waals surface area contributed by atoms with Gasteiger partial charge in [0.1, 0.15) is 0 Å². The van der Waals surface area contributed by atoms with E-state index in [0.717, 1.165) is 43.3 Å². The van der Waals surface area contributed by atoms with Gasteiger partial charge in [0.15, 0.2) is 11.4 Å². The van der Waals surface area contributed by atoms with Crippen LogP contribution >= 0.6 is 0 Å². The highest BCUT2D eigenvalue weighted by molar-refractivity contribution is 6.08. The van der Waals surface area contributed by atoms with Gasteiger partial charge in [-0.3, -0.25) is 9.59 Å². The molecule has 2 saturated carbocycles. The molecule has 3 aliphatic carbocycles. The topological polar surface area (TPSA) is 43.4 Å². The van der Waals surface area contributed by atoms with E-state index in [2.05, 4.69) is 13.8 Å². The van der Waals surface area contributed by atoms with E-state index in [1.54, 1.807) is 6.08 Å². The maximum Gasteiger partial charge on any atom is 0.317 e. The lowest BCUT2D eigenvalue weighted by atomic mass is 9.47. The Morgan fingerprint density at radius 3 is 2.61 bits per heavy atom. The van der Waals surface area contributed by atoms with Crippen molar-refractivity contribution in [2.75, 3.05) is 0 Å². The van der Waals surface area contributed by atoms with Crippen LogP contribution in [-0.2, 0) is 14.3 Å². The van der Waals surface area contributed by atoms with Gasteiger partial charge in [-0.15, -0.1) is 0 Å². The van der Waals surface area contributed by atoms with Crippen molar-refractivity contribution in [1.82, 2.24) is 0 Å². The number of ether oxygens (including phenoxy) is 1. The Labute approximate surface area is 138 Å². The maximum atomic E-state index is 13.0. The van der Waals surface area contributed by atoms with Crippen molar-refractivity contribution >= 4 is 11.8 Å². The van der Waals surface area contributed by atoms with Crippen LogP contribution in [0.25, 0.3) is 0 Å². The van der Waals surface area contributed by atoms with E-state index in [0.29, 0.717) is 5.92 Å². The Bertz CT molecular complexity index is 666. The van der Waals surface area contributed by atoms with Crippen LogP contribution in [-0.4, -0.2) is 17.4 Å². The molecule has 1 spiro atoms. The zero-order valence-electron chi connectivity index (χ0n) is 14.6. The molecule has 0 radical (unpaired) electrons. The van der Waals surface area contributed by atoms with E-state index >= 15 is 0 Å². The number of rotatable bonds is 1. The van der Waals surface area contributed by atoms with Crippen LogP contribution in [0.2, 0.25) is 0 Å². The number of hydrogen-bond acceptors (Lipinski definition) is 3. The summed E-state index contributed by atoms with van der Waals surface area (Å²) in [5.74, 6) is 0.450. The molecule has 3 fully saturated rings. The van der Waals surface area contributed by atoms with Crippen LogP contribution in [0.5, 0.6) is 0 Å².